The van der Waals surface area contributed by atoms with Gasteiger partial charge in [0.05, 0.1) is 16.6 Å². The van der Waals surface area contributed by atoms with Gasteiger partial charge in [0.25, 0.3) is 11.8 Å². The second kappa shape index (κ2) is 11.7. The standard InChI is InChI=1S/C33H33ClF3N3O2/c34-25-3-1-6-28(37)30(25)31(41)38-29-10-9-21-7-8-22(19-23(21)29)32(42)40-17-13-33(14-18-40)11-15-39(16-12-33)20-24-26(35)4-2-5-27(24)36/h1-8,19,29H,9-18,20H2,(H,38,41). The monoisotopic (exact) mass is 595 g/mol. The van der Waals surface area contributed by atoms with Crippen molar-refractivity contribution in [3.63, 3.8) is 0 Å². The Bertz CT molecular complexity index is 1470. The second-order valence-electron chi connectivity index (χ2n) is 11.8. The summed E-state index contributed by atoms with van der Waals surface area (Å²) in [6, 6.07) is 13.5. The van der Waals surface area contributed by atoms with Gasteiger partial charge < -0.3 is 10.2 Å². The van der Waals surface area contributed by atoms with E-state index in [1.165, 1.54) is 36.4 Å². The lowest BCUT2D eigenvalue weighted by Crippen LogP contribution is -2.48. The number of carbonyl (C=O) groups excluding carboxylic acids is 2. The van der Waals surface area contributed by atoms with Crippen molar-refractivity contribution in [2.75, 3.05) is 26.2 Å². The van der Waals surface area contributed by atoms with Crippen LogP contribution < -0.4 is 5.32 Å². The first-order chi connectivity index (χ1) is 20.2. The molecule has 2 amide bonds. The summed E-state index contributed by atoms with van der Waals surface area (Å²) in [5.41, 5.74) is 2.62. The zero-order valence-corrected chi connectivity index (χ0v) is 24.0. The van der Waals surface area contributed by atoms with Gasteiger partial charge in [0.15, 0.2) is 0 Å². The average Bonchev–Trinajstić information content (AvgIpc) is 3.38. The van der Waals surface area contributed by atoms with Gasteiger partial charge in [-0.2, -0.15) is 0 Å². The van der Waals surface area contributed by atoms with E-state index in [9.17, 15) is 22.8 Å². The van der Waals surface area contributed by atoms with Crippen molar-refractivity contribution in [3.05, 3.63) is 105 Å². The van der Waals surface area contributed by atoms with Crippen LogP contribution in [0, 0.1) is 22.9 Å². The van der Waals surface area contributed by atoms with Crippen molar-refractivity contribution < 1.29 is 22.8 Å². The number of hydrogen-bond acceptors (Lipinski definition) is 3. The van der Waals surface area contributed by atoms with Crippen LogP contribution in [0.3, 0.4) is 0 Å². The maximum absolute atomic E-state index is 14.3. The molecule has 1 aliphatic carbocycles. The van der Waals surface area contributed by atoms with Crippen molar-refractivity contribution in [2.45, 2.75) is 51.1 Å². The number of hydrogen-bond donors (Lipinski definition) is 1. The van der Waals surface area contributed by atoms with Crippen LogP contribution in [0.15, 0.2) is 54.6 Å². The Morgan fingerprint density at radius 1 is 0.881 bits per heavy atom. The van der Waals surface area contributed by atoms with Crippen molar-refractivity contribution in [1.82, 2.24) is 15.1 Å². The molecule has 1 atom stereocenters. The number of fused-ring (bicyclic) bond motifs is 1. The Hall–Kier alpha value is -3.36. The summed E-state index contributed by atoms with van der Waals surface area (Å²) in [7, 11) is 0. The molecule has 3 aliphatic rings. The summed E-state index contributed by atoms with van der Waals surface area (Å²) in [6.45, 7) is 3.13. The van der Waals surface area contributed by atoms with E-state index < -0.39 is 23.4 Å². The molecule has 2 aliphatic heterocycles. The number of amides is 2. The fourth-order valence-electron chi connectivity index (χ4n) is 6.79. The van der Waals surface area contributed by atoms with E-state index in [0.29, 0.717) is 25.1 Å². The van der Waals surface area contributed by atoms with E-state index in [1.54, 1.807) is 0 Å². The summed E-state index contributed by atoms with van der Waals surface area (Å²) in [5, 5.41) is 2.97. The van der Waals surface area contributed by atoms with Crippen molar-refractivity contribution in [1.29, 1.82) is 0 Å². The van der Waals surface area contributed by atoms with Gasteiger partial charge in [-0.15, -0.1) is 0 Å². The zero-order valence-electron chi connectivity index (χ0n) is 23.3. The van der Waals surface area contributed by atoms with Crippen LogP contribution in [-0.2, 0) is 13.0 Å². The summed E-state index contributed by atoms with van der Waals surface area (Å²) >= 11 is 6.09. The van der Waals surface area contributed by atoms with Crippen LogP contribution in [0.5, 0.6) is 0 Å². The van der Waals surface area contributed by atoms with Crippen molar-refractivity contribution in [3.8, 4) is 0 Å². The number of carbonyl (C=O) groups is 2. The SMILES string of the molecule is O=C(NC1CCc2ccc(C(=O)N3CCC4(CCN(Cc5c(F)cccc5F)CC4)CC3)cc21)c1c(F)cccc1Cl. The second-order valence-corrected chi connectivity index (χ2v) is 12.3. The lowest BCUT2D eigenvalue weighted by Gasteiger charge is -2.47. The van der Waals surface area contributed by atoms with Crippen LogP contribution in [-0.4, -0.2) is 47.8 Å². The van der Waals surface area contributed by atoms with E-state index in [4.69, 9.17) is 11.6 Å². The van der Waals surface area contributed by atoms with Gasteiger partial charge in [0.1, 0.15) is 17.5 Å². The number of nitrogens with zero attached hydrogens (tertiary/aromatic N) is 2. The molecule has 2 fully saturated rings. The lowest BCUT2D eigenvalue weighted by molar-refractivity contribution is 0.0281. The molecule has 42 heavy (non-hydrogen) atoms. The van der Waals surface area contributed by atoms with Gasteiger partial charge in [-0.3, -0.25) is 14.5 Å². The highest BCUT2D eigenvalue weighted by atomic mass is 35.5. The normalized spacial score (nSPS) is 20.0. The first-order valence-electron chi connectivity index (χ1n) is 14.6. The highest BCUT2D eigenvalue weighted by Crippen LogP contribution is 2.42. The maximum Gasteiger partial charge on any atom is 0.256 e. The molecule has 1 N–H and O–H groups in total. The molecule has 9 heteroatoms. The minimum absolute atomic E-state index is 0.0331. The number of halogens is 4. The minimum atomic E-state index is -0.672. The summed E-state index contributed by atoms with van der Waals surface area (Å²) in [6.07, 6.45) is 5.10. The van der Waals surface area contributed by atoms with E-state index >= 15 is 0 Å². The van der Waals surface area contributed by atoms with Crippen LogP contribution in [0.2, 0.25) is 5.02 Å². The average molecular weight is 596 g/mol. The molecule has 1 unspecified atom stereocenters. The highest BCUT2D eigenvalue weighted by Gasteiger charge is 2.39. The summed E-state index contributed by atoms with van der Waals surface area (Å²) < 4.78 is 42.5. The lowest BCUT2D eigenvalue weighted by atomic mass is 9.71. The molecule has 2 saturated heterocycles. The molecule has 1 spiro atoms. The highest BCUT2D eigenvalue weighted by molar-refractivity contribution is 6.33. The Labute approximate surface area is 248 Å². The molecule has 3 aromatic carbocycles. The largest absolute Gasteiger partial charge is 0.345 e. The van der Waals surface area contributed by atoms with Gasteiger partial charge >= 0.3 is 0 Å². The molecular formula is C33H33ClF3N3O2. The Kier molecular flexibility index (Phi) is 8.03. The molecule has 3 aromatic rings. The predicted molar refractivity (Wildman–Crippen MR) is 155 cm³/mol. The zero-order chi connectivity index (χ0) is 29.4. The molecule has 0 aromatic heterocycles. The van der Waals surface area contributed by atoms with Crippen LogP contribution in [0.4, 0.5) is 13.2 Å². The number of benzene rings is 3. The number of rotatable bonds is 5. The Morgan fingerprint density at radius 2 is 1.52 bits per heavy atom. The van der Waals surface area contributed by atoms with E-state index in [1.807, 2.05) is 23.1 Å². The van der Waals surface area contributed by atoms with Gasteiger partial charge in [0, 0.05) is 30.8 Å². The quantitative estimate of drug-likeness (QED) is 0.357. The first-order valence-corrected chi connectivity index (χ1v) is 14.9. The van der Waals surface area contributed by atoms with Gasteiger partial charge in [-0.25, -0.2) is 13.2 Å². The van der Waals surface area contributed by atoms with Crippen LogP contribution >= 0.6 is 11.6 Å². The van der Waals surface area contributed by atoms with Gasteiger partial charge in [-0.05, 0) is 105 Å². The van der Waals surface area contributed by atoms with Crippen molar-refractivity contribution in [2.24, 2.45) is 5.41 Å². The van der Waals surface area contributed by atoms with Crippen LogP contribution in [0.25, 0.3) is 0 Å². The van der Waals surface area contributed by atoms with Gasteiger partial charge in [0.2, 0.25) is 0 Å². The molecule has 5 nitrogen and oxygen atoms in total. The van der Waals surface area contributed by atoms with Crippen molar-refractivity contribution >= 4 is 23.4 Å². The third kappa shape index (κ3) is 5.66. The van der Waals surface area contributed by atoms with E-state index in [-0.39, 0.29) is 40.1 Å². The predicted octanol–water partition coefficient (Wildman–Crippen LogP) is 6.69. The summed E-state index contributed by atoms with van der Waals surface area (Å²) in [4.78, 5) is 30.4. The fourth-order valence-corrected chi connectivity index (χ4v) is 7.04. The summed E-state index contributed by atoms with van der Waals surface area (Å²) in [5.74, 6) is -2.28. The maximum atomic E-state index is 14.3. The molecular weight excluding hydrogens is 563 g/mol. The molecule has 2 heterocycles. The van der Waals surface area contributed by atoms with E-state index in [2.05, 4.69) is 10.2 Å². The van der Waals surface area contributed by atoms with E-state index in [0.717, 1.165) is 56.3 Å². The smallest absolute Gasteiger partial charge is 0.256 e. The first kappa shape index (κ1) is 28.7. The third-order valence-electron chi connectivity index (χ3n) is 9.44. The Balaban J connectivity index is 1.06. The minimum Gasteiger partial charge on any atom is -0.345 e. The number of nitrogens with one attached hydrogen (secondary N) is 1. The molecule has 0 saturated carbocycles. The molecule has 220 valence electrons. The topological polar surface area (TPSA) is 52.7 Å². The van der Waals surface area contributed by atoms with Gasteiger partial charge in [-0.1, -0.05) is 29.8 Å². The number of aryl methyl sites for hydroxylation is 1. The Morgan fingerprint density at radius 3 is 2.21 bits per heavy atom. The molecule has 0 bridgehead atoms. The number of likely N-dealkylation sites (tertiary alicyclic amines) is 2. The molecule has 6 rings (SSSR count). The fraction of sp³-hybridized carbons (Fsp3) is 0.394. The third-order valence-corrected chi connectivity index (χ3v) is 9.75. The molecule has 0 radical (unpaired) electrons. The van der Waals surface area contributed by atoms with Crippen LogP contribution in [0.1, 0.15) is 75.6 Å². The number of piperidine rings is 2.